The number of nitrogens with one attached hydrogen (secondary N) is 2. The van der Waals surface area contributed by atoms with Crippen LogP contribution in [0.3, 0.4) is 0 Å². The maximum atomic E-state index is 4.09. The highest BCUT2D eigenvalue weighted by Crippen LogP contribution is 2.20. The number of H-pyrrole nitrogens is 1. The van der Waals surface area contributed by atoms with Gasteiger partial charge in [-0.2, -0.15) is 5.10 Å². The summed E-state index contributed by atoms with van der Waals surface area (Å²) in [6.07, 6.45) is 5.55. The van der Waals surface area contributed by atoms with E-state index >= 15 is 0 Å². The molecule has 5 heteroatoms. The molecule has 2 heterocycles. The predicted molar refractivity (Wildman–Crippen MR) is 79.4 cm³/mol. The average molecular weight is 271 g/mol. The lowest BCUT2D eigenvalue weighted by Gasteiger charge is -2.28. The zero-order chi connectivity index (χ0) is 13.6. The minimum atomic E-state index is 0.716. The van der Waals surface area contributed by atoms with Gasteiger partial charge >= 0.3 is 0 Å². The van der Waals surface area contributed by atoms with Crippen molar-refractivity contribution in [1.29, 1.82) is 0 Å². The van der Waals surface area contributed by atoms with Gasteiger partial charge in [0.25, 0.3) is 0 Å². The fraction of sp³-hybridized carbons (Fsp3) is 0.467. The van der Waals surface area contributed by atoms with Gasteiger partial charge in [0.05, 0.1) is 6.54 Å². The van der Waals surface area contributed by atoms with E-state index < -0.39 is 0 Å². The quantitative estimate of drug-likeness (QED) is 0.874. The first-order valence-electron chi connectivity index (χ1n) is 7.31. The minimum Gasteiger partial charge on any atom is -0.372 e. The van der Waals surface area contributed by atoms with Crippen molar-refractivity contribution in [3.8, 4) is 0 Å². The van der Waals surface area contributed by atoms with Crippen LogP contribution in [0.1, 0.15) is 30.7 Å². The molecule has 0 amide bonds. The molecule has 0 bridgehead atoms. The zero-order valence-corrected chi connectivity index (χ0v) is 11.7. The summed E-state index contributed by atoms with van der Waals surface area (Å²) in [7, 11) is 0. The summed E-state index contributed by atoms with van der Waals surface area (Å²) in [5.74, 6) is 0.870. The van der Waals surface area contributed by atoms with Gasteiger partial charge in [0.15, 0.2) is 0 Å². The SMILES string of the molecule is c1n[nH]c(CNCc2ccc(N3CCCCC3)cc2)n1. The Morgan fingerprint density at radius 2 is 1.85 bits per heavy atom. The van der Waals surface area contributed by atoms with Crippen LogP contribution < -0.4 is 10.2 Å². The number of anilines is 1. The second-order valence-corrected chi connectivity index (χ2v) is 5.25. The molecule has 1 aromatic carbocycles. The van der Waals surface area contributed by atoms with Crippen molar-refractivity contribution in [3.05, 3.63) is 42.0 Å². The Bertz CT molecular complexity index is 500. The molecule has 106 valence electrons. The highest BCUT2D eigenvalue weighted by molar-refractivity contribution is 5.47. The third-order valence-corrected chi connectivity index (χ3v) is 3.74. The van der Waals surface area contributed by atoms with E-state index in [0.29, 0.717) is 6.54 Å². The number of hydrogen-bond donors (Lipinski definition) is 2. The molecular formula is C15H21N5. The highest BCUT2D eigenvalue weighted by atomic mass is 15.2. The van der Waals surface area contributed by atoms with Crippen LogP contribution in [0.25, 0.3) is 0 Å². The van der Waals surface area contributed by atoms with Crippen molar-refractivity contribution in [2.75, 3.05) is 18.0 Å². The monoisotopic (exact) mass is 271 g/mol. The lowest BCUT2D eigenvalue weighted by molar-refractivity contribution is 0.577. The van der Waals surface area contributed by atoms with E-state index in [0.717, 1.165) is 12.4 Å². The van der Waals surface area contributed by atoms with Crippen molar-refractivity contribution < 1.29 is 0 Å². The summed E-state index contributed by atoms with van der Waals surface area (Å²) in [6, 6.07) is 8.88. The molecule has 0 unspecified atom stereocenters. The van der Waals surface area contributed by atoms with Crippen LogP contribution in [-0.4, -0.2) is 28.3 Å². The van der Waals surface area contributed by atoms with Crippen molar-refractivity contribution in [2.45, 2.75) is 32.4 Å². The van der Waals surface area contributed by atoms with E-state index in [1.165, 1.54) is 49.9 Å². The summed E-state index contributed by atoms with van der Waals surface area (Å²) in [6.45, 7) is 3.96. The maximum Gasteiger partial charge on any atom is 0.138 e. The molecule has 1 aliphatic heterocycles. The fourth-order valence-electron chi connectivity index (χ4n) is 2.62. The molecule has 5 nitrogen and oxygen atoms in total. The van der Waals surface area contributed by atoms with Crippen molar-refractivity contribution in [1.82, 2.24) is 20.5 Å². The minimum absolute atomic E-state index is 0.716. The van der Waals surface area contributed by atoms with E-state index in [-0.39, 0.29) is 0 Å². The molecule has 0 atom stereocenters. The van der Waals surface area contributed by atoms with Gasteiger partial charge in [-0.3, -0.25) is 5.10 Å². The average Bonchev–Trinajstić information content (AvgIpc) is 3.02. The van der Waals surface area contributed by atoms with Crippen LogP contribution >= 0.6 is 0 Å². The Balaban J connectivity index is 1.50. The Labute approximate surface area is 119 Å². The molecule has 0 aliphatic carbocycles. The molecule has 0 radical (unpaired) electrons. The van der Waals surface area contributed by atoms with Gasteiger partial charge < -0.3 is 10.2 Å². The summed E-state index contributed by atoms with van der Waals surface area (Å²) in [5, 5.41) is 10.0. The van der Waals surface area contributed by atoms with Crippen LogP contribution in [-0.2, 0) is 13.1 Å². The molecule has 0 spiro atoms. The number of aromatic nitrogens is 3. The largest absolute Gasteiger partial charge is 0.372 e. The van der Waals surface area contributed by atoms with Gasteiger partial charge in [0.1, 0.15) is 12.2 Å². The van der Waals surface area contributed by atoms with E-state index in [1.54, 1.807) is 0 Å². The molecule has 1 aromatic heterocycles. The van der Waals surface area contributed by atoms with Crippen LogP contribution in [0.2, 0.25) is 0 Å². The van der Waals surface area contributed by atoms with Gasteiger partial charge in [-0.1, -0.05) is 12.1 Å². The number of nitrogens with zero attached hydrogens (tertiary/aromatic N) is 3. The molecule has 2 aromatic rings. The summed E-state index contributed by atoms with van der Waals surface area (Å²) in [4.78, 5) is 6.57. The van der Waals surface area contributed by atoms with E-state index in [2.05, 4.69) is 49.7 Å². The summed E-state index contributed by atoms with van der Waals surface area (Å²) >= 11 is 0. The first-order chi connectivity index (χ1) is 9.92. The Hall–Kier alpha value is -1.88. The van der Waals surface area contributed by atoms with Gasteiger partial charge in [-0.05, 0) is 37.0 Å². The Morgan fingerprint density at radius 1 is 1.05 bits per heavy atom. The molecular weight excluding hydrogens is 250 g/mol. The van der Waals surface area contributed by atoms with Gasteiger partial charge in [-0.25, -0.2) is 4.98 Å². The standard InChI is InChI=1S/C15H21N5/c1-2-8-20(9-3-1)14-6-4-13(5-7-14)10-16-11-15-17-12-18-19-15/h4-7,12,16H,1-3,8-11H2,(H,17,18,19). The van der Waals surface area contributed by atoms with E-state index in [9.17, 15) is 0 Å². The number of piperidine rings is 1. The topological polar surface area (TPSA) is 56.8 Å². The molecule has 1 aliphatic rings. The first kappa shape index (κ1) is 13.1. The second-order valence-electron chi connectivity index (χ2n) is 5.25. The lowest BCUT2D eigenvalue weighted by atomic mass is 10.1. The summed E-state index contributed by atoms with van der Waals surface area (Å²) < 4.78 is 0. The van der Waals surface area contributed by atoms with Crippen LogP contribution in [0.4, 0.5) is 5.69 Å². The number of benzene rings is 1. The molecule has 20 heavy (non-hydrogen) atoms. The molecule has 3 rings (SSSR count). The predicted octanol–water partition coefficient (Wildman–Crippen LogP) is 2.08. The number of rotatable bonds is 5. The number of aromatic amines is 1. The summed E-state index contributed by atoms with van der Waals surface area (Å²) in [5.41, 5.74) is 2.65. The van der Waals surface area contributed by atoms with Crippen molar-refractivity contribution in [3.63, 3.8) is 0 Å². The first-order valence-corrected chi connectivity index (χ1v) is 7.31. The molecule has 1 fully saturated rings. The third-order valence-electron chi connectivity index (χ3n) is 3.74. The van der Waals surface area contributed by atoms with Crippen LogP contribution in [0.15, 0.2) is 30.6 Å². The molecule has 0 saturated carbocycles. The van der Waals surface area contributed by atoms with Crippen molar-refractivity contribution in [2.24, 2.45) is 0 Å². The Kier molecular flexibility index (Phi) is 4.28. The van der Waals surface area contributed by atoms with E-state index in [4.69, 9.17) is 0 Å². The fourth-order valence-corrected chi connectivity index (χ4v) is 2.62. The van der Waals surface area contributed by atoms with Gasteiger partial charge in [-0.15, -0.1) is 0 Å². The highest BCUT2D eigenvalue weighted by Gasteiger charge is 2.10. The lowest BCUT2D eigenvalue weighted by Crippen LogP contribution is -2.29. The second kappa shape index (κ2) is 6.52. The zero-order valence-electron chi connectivity index (χ0n) is 11.7. The van der Waals surface area contributed by atoms with Crippen LogP contribution in [0.5, 0.6) is 0 Å². The molecule has 1 saturated heterocycles. The maximum absolute atomic E-state index is 4.09. The van der Waals surface area contributed by atoms with Crippen LogP contribution in [0, 0.1) is 0 Å². The van der Waals surface area contributed by atoms with E-state index in [1.807, 2.05) is 0 Å². The Morgan fingerprint density at radius 3 is 2.55 bits per heavy atom. The third kappa shape index (κ3) is 3.36. The molecule has 2 N–H and O–H groups in total. The van der Waals surface area contributed by atoms with Gasteiger partial charge in [0, 0.05) is 25.3 Å². The number of hydrogen-bond acceptors (Lipinski definition) is 4. The normalized spacial score (nSPS) is 15.5. The van der Waals surface area contributed by atoms with Crippen molar-refractivity contribution >= 4 is 5.69 Å². The smallest absolute Gasteiger partial charge is 0.138 e. The van der Waals surface area contributed by atoms with Gasteiger partial charge in [0.2, 0.25) is 0 Å².